The predicted octanol–water partition coefficient (Wildman–Crippen LogP) is 4.37. The molecule has 0 amide bonds. The number of rotatable bonds is 6. The predicted molar refractivity (Wildman–Crippen MR) is 83.6 cm³/mol. The maximum absolute atomic E-state index is 12.4. The van der Waals surface area contributed by atoms with Crippen LogP contribution in [-0.2, 0) is 6.42 Å². The second-order valence-corrected chi connectivity index (χ2v) is 6.10. The highest BCUT2D eigenvalue weighted by Crippen LogP contribution is 2.19. The molecular weight excluding hydrogens is 268 g/mol. The SMILES string of the molecule is CCCCCCc1c(C)nn(C(=O)c2cccs2)c1C. The molecule has 0 fully saturated rings. The lowest BCUT2D eigenvalue weighted by Gasteiger charge is -2.03. The minimum atomic E-state index is -0.0135. The zero-order chi connectivity index (χ0) is 14.5. The van der Waals surface area contributed by atoms with E-state index in [-0.39, 0.29) is 5.91 Å². The third kappa shape index (κ3) is 3.18. The second kappa shape index (κ2) is 6.84. The monoisotopic (exact) mass is 290 g/mol. The molecular formula is C16H22N2OS. The molecule has 0 aliphatic heterocycles. The van der Waals surface area contributed by atoms with Crippen molar-refractivity contribution in [2.75, 3.05) is 0 Å². The molecule has 2 aromatic rings. The normalized spacial score (nSPS) is 10.9. The first-order valence-electron chi connectivity index (χ1n) is 7.28. The van der Waals surface area contributed by atoms with Gasteiger partial charge in [0.25, 0.3) is 5.91 Å². The van der Waals surface area contributed by atoms with E-state index in [0.29, 0.717) is 0 Å². The molecule has 0 aromatic carbocycles. The molecule has 0 spiro atoms. The summed E-state index contributed by atoms with van der Waals surface area (Å²) in [5, 5.41) is 6.36. The van der Waals surface area contributed by atoms with Gasteiger partial charge in [0.2, 0.25) is 0 Å². The van der Waals surface area contributed by atoms with Gasteiger partial charge >= 0.3 is 0 Å². The van der Waals surface area contributed by atoms with Crippen molar-refractivity contribution in [3.8, 4) is 0 Å². The van der Waals surface area contributed by atoms with Crippen LogP contribution >= 0.6 is 11.3 Å². The number of carbonyl (C=O) groups is 1. The average Bonchev–Trinajstić information content (AvgIpc) is 3.05. The van der Waals surface area contributed by atoms with E-state index in [2.05, 4.69) is 12.0 Å². The first-order chi connectivity index (χ1) is 9.65. The van der Waals surface area contributed by atoms with E-state index in [4.69, 9.17) is 0 Å². The molecule has 0 unspecified atom stereocenters. The molecule has 3 nitrogen and oxygen atoms in total. The summed E-state index contributed by atoms with van der Waals surface area (Å²) in [5.41, 5.74) is 3.23. The van der Waals surface area contributed by atoms with Crippen molar-refractivity contribution in [2.24, 2.45) is 0 Å². The van der Waals surface area contributed by atoms with Crippen LogP contribution in [0.5, 0.6) is 0 Å². The molecule has 2 aromatic heterocycles. The van der Waals surface area contributed by atoms with Gasteiger partial charge in [-0.3, -0.25) is 4.79 Å². The molecule has 0 saturated heterocycles. The van der Waals surface area contributed by atoms with E-state index in [0.717, 1.165) is 22.7 Å². The van der Waals surface area contributed by atoms with Crippen molar-refractivity contribution >= 4 is 17.2 Å². The van der Waals surface area contributed by atoms with E-state index in [1.54, 1.807) is 4.68 Å². The highest BCUT2D eigenvalue weighted by atomic mass is 32.1. The second-order valence-electron chi connectivity index (χ2n) is 5.15. The Labute approximate surface area is 124 Å². The van der Waals surface area contributed by atoms with Crippen LogP contribution in [0.3, 0.4) is 0 Å². The number of carbonyl (C=O) groups excluding carboxylic acids is 1. The summed E-state index contributed by atoms with van der Waals surface area (Å²) < 4.78 is 1.57. The van der Waals surface area contributed by atoms with Gasteiger partial charge in [-0.1, -0.05) is 32.3 Å². The number of hydrogen-bond donors (Lipinski definition) is 0. The minimum Gasteiger partial charge on any atom is -0.266 e. The van der Waals surface area contributed by atoms with Crippen LogP contribution in [0.15, 0.2) is 17.5 Å². The van der Waals surface area contributed by atoms with Gasteiger partial charge in [-0.25, -0.2) is 0 Å². The lowest BCUT2D eigenvalue weighted by Crippen LogP contribution is -2.14. The summed E-state index contributed by atoms with van der Waals surface area (Å²) in [4.78, 5) is 13.1. The summed E-state index contributed by atoms with van der Waals surface area (Å²) >= 11 is 1.46. The van der Waals surface area contributed by atoms with Gasteiger partial charge in [0, 0.05) is 5.69 Å². The van der Waals surface area contributed by atoms with Gasteiger partial charge in [0.15, 0.2) is 0 Å². The fourth-order valence-corrected chi connectivity index (χ4v) is 3.12. The summed E-state index contributed by atoms with van der Waals surface area (Å²) in [7, 11) is 0. The maximum atomic E-state index is 12.4. The Bertz CT molecular complexity index is 570. The standard InChI is InChI=1S/C16H22N2OS/c1-4-5-6-7-9-14-12(2)17-18(13(14)3)16(19)15-10-8-11-20-15/h8,10-11H,4-7,9H2,1-3H3. The van der Waals surface area contributed by atoms with Crippen LogP contribution in [-0.4, -0.2) is 15.7 Å². The van der Waals surface area contributed by atoms with Gasteiger partial charge in [0.1, 0.15) is 0 Å². The van der Waals surface area contributed by atoms with Crippen LogP contribution in [0.2, 0.25) is 0 Å². The van der Waals surface area contributed by atoms with Crippen molar-refractivity contribution in [1.82, 2.24) is 9.78 Å². The van der Waals surface area contributed by atoms with Crippen LogP contribution in [0, 0.1) is 13.8 Å². The Morgan fingerprint density at radius 3 is 2.75 bits per heavy atom. The van der Waals surface area contributed by atoms with Crippen LogP contribution in [0.1, 0.15) is 59.2 Å². The Hall–Kier alpha value is -1.42. The van der Waals surface area contributed by atoms with Gasteiger partial charge in [-0.2, -0.15) is 9.78 Å². The van der Waals surface area contributed by atoms with Gasteiger partial charge in [0.05, 0.1) is 10.6 Å². The number of nitrogens with zero attached hydrogens (tertiary/aromatic N) is 2. The maximum Gasteiger partial charge on any atom is 0.288 e. The first kappa shape index (κ1) is 15.0. The summed E-state index contributed by atoms with van der Waals surface area (Å²) in [6, 6.07) is 3.75. The van der Waals surface area contributed by atoms with Crippen molar-refractivity contribution in [2.45, 2.75) is 52.9 Å². The Morgan fingerprint density at radius 1 is 1.30 bits per heavy atom. The van der Waals surface area contributed by atoms with Crippen LogP contribution in [0.25, 0.3) is 0 Å². The zero-order valence-electron chi connectivity index (χ0n) is 12.5. The van der Waals surface area contributed by atoms with Crippen molar-refractivity contribution in [1.29, 1.82) is 0 Å². The smallest absolute Gasteiger partial charge is 0.266 e. The molecule has 4 heteroatoms. The van der Waals surface area contributed by atoms with Crippen LogP contribution in [0.4, 0.5) is 0 Å². The fourth-order valence-electron chi connectivity index (χ4n) is 2.47. The molecule has 0 aliphatic rings. The molecule has 2 heterocycles. The minimum absolute atomic E-state index is 0.0135. The molecule has 0 saturated carbocycles. The summed E-state index contributed by atoms with van der Waals surface area (Å²) in [6.07, 6.45) is 5.97. The molecule has 0 atom stereocenters. The van der Waals surface area contributed by atoms with Gasteiger partial charge in [-0.15, -0.1) is 11.3 Å². The Kier molecular flexibility index (Phi) is 5.12. The molecule has 0 aliphatic carbocycles. The third-order valence-corrected chi connectivity index (χ3v) is 4.50. The quantitative estimate of drug-likeness (QED) is 0.740. The topological polar surface area (TPSA) is 34.9 Å². The molecule has 0 bridgehead atoms. The number of aromatic nitrogens is 2. The van der Waals surface area contributed by atoms with E-state index < -0.39 is 0 Å². The molecule has 0 radical (unpaired) electrons. The zero-order valence-corrected chi connectivity index (χ0v) is 13.3. The molecule has 108 valence electrons. The van der Waals surface area contributed by atoms with Crippen molar-refractivity contribution in [3.05, 3.63) is 39.3 Å². The lowest BCUT2D eigenvalue weighted by atomic mass is 10.0. The number of thiophene rings is 1. The lowest BCUT2D eigenvalue weighted by molar-refractivity contribution is 0.0946. The van der Waals surface area contributed by atoms with E-state index in [9.17, 15) is 4.79 Å². The number of unbranched alkanes of at least 4 members (excludes halogenated alkanes) is 3. The largest absolute Gasteiger partial charge is 0.288 e. The highest BCUT2D eigenvalue weighted by Gasteiger charge is 2.18. The third-order valence-electron chi connectivity index (χ3n) is 3.65. The summed E-state index contributed by atoms with van der Waals surface area (Å²) in [6.45, 7) is 6.22. The highest BCUT2D eigenvalue weighted by molar-refractivity contribution is 7.12. The Balaban J connectivity index is 2.14. The van der Waals surface area contributed by atoms with E-state index in [1.807, 2.05) is 31.4 Å². The van der Waals surface area contributed by atoms with Crippen LogP contribution < -0.4 is 0 Å². The van der Waals surface area contributed by atoms with E-state index in [1.165, 1.54) is 42.6 Å². The summed E-state index contributed by atoms with van der Waals surface area (Å²) in [5.74, 6) is -0.0135. The van der Waals surface area contributed by atoms with Crippen molar-refractivity contribution in [3.63, 3.8) is 0 Å². The molecule has 0 N–H and O–H groups in total. The number of hydrogen-bond acceptors (Lipinski definition) is 3. The van der Waals surface area contributed by atoms with Gasteiger partial charge < -0.3 is 0 Å². The van der Waals surface area contributed by atoms with Gasteiger partial charge in [-0.05, 0) is 43.7 Å². The van der Waals surface area contributed by atoms with E-state index >= 15 is 0 Å². The molecule has 20 heavy (non-hydrogen) atoms. The molecule has 2 rings (SSSR count). The fraction of sp³-hybridized carbons (Fsp3) is 0.500. The number of aryl methyl sites for hydroxylation is 1. The first-order valence-corrected chi connectivity index (χ1v) is 8.16. The average molecular weight is 290 g/mol. The Morgan fingerprint density at radius 2 is 2.10 bits per heavy atom. The van der Waals surface area contributed by atoms with Crippen molar-refractivity contribution < 1.29 is 4.79 Å².